The molecule has 0 saturated heterocycles. The van der Waals surface area contributed by atoms with E-state index in [1.165, 1.54) is 30.1 Å². The van der Waals surface area contributed by atoms with Gasteiger partial charge in [-0.1, -0.05) is 15.9 Å². The lowest BCUT2D eigenvalue weighted by Crippen LogP contribution is -2.20. The number of hydrogen-bond donors (Lipinski definition) is 0. The Bertz CT molecular complexity index is 1500. The van der Waals surface area contributed by atoms with E-state index in [0.29, 0.717) is 38.3 Å². The molecule has 10 nitrogen and oxygen atoms in total. The Balaban J connectivity index is 1.67. The molecule has 2 aromatic heterocycles. The van der Waals surface area contributed by atoms with Gasteiger partial charge < -0.3 is 9.47 Å². The van der Waals surface area contributed by atoms with Gasteiger partial charge in [0.15, 0.2) is 11.5 Å². The summed E-state index contributed by atoms with van der Waals surface area (Å²) in [6.07, 6.45) is 2.61. The number of ether oxygens (including phenoxy) is 2. The summed E-state index contributed by atoms with van der Waals surface area (Å²) in [7, 11) is 1.47. The third kappa shape index (κ3) is 4.82. The van der Waals surface area contributed by atoms with Gasteiger partial charge in [0.1, 0.15) is 12.0 Å². The van der Waals surface area contributed by atoms with Gasteiger partial charge in [-0.3, -0.25) is 14.9 Å². The number of fused-ring (bicyclic) bond motifs is 1. The molecule has 0 aliphatic heterocycles. The van der Waals surface area contributed by atoms with Gasteiger partial charge in [0.25, 0.3) is 11.2 Å². The smallest absolute Gasteiger partial charge is 0.287 e. The molecule has 4 aromatic rings. The van der Waals surface area contributed by atoms with Gasteiger partial charge in [0, 0.05) is 16.6 Å². The first-order valence-electron chi connectivity index (χ1n) is 9.66. The summed E-state index contributed by atoms with van der Waals surface area (Å²) in [5, 5.41) is 15.6. The van der Waals surface area contributed by atoms with Crippen LogP contribution in [0.15, 0.2) is 67.5 Å². The van der Waals surface area contributed by atoms with Crippen LogP contribution in [-0.4, -0.2) is 32.9 Å². The van der Waals surface area contributed by atoms with Crippen molar-refractivity contribution in [2.24, 2.45) is 5.10 Å². The van der Waals surface area contributed by atoms with Crippen LogP contribution in [0.2, 0.25) is 0 Å². The minimum Gasteiger partial charge on any atom is -0.493 e. The Labute approximate surface area is 209 Å². The second-order valence-corrected chi connectivity index (χ2v) is 8.70. The standard InChI is InChI=1S/C22H15Br2N5O5/c1-12-27-18-5-3-14(23)9-16(18)22(30)28(12)26-10-13-7-17(24)21(19(8-13)33-2)34-20-6-4-15(11-25-20)29(31)32/h3-11H,1-2H3. The minimum atomic E-state index is -0.543. The Morgan fingerprint density at radius 2 is 1.97 bits per heavy atom. The van der Waals surface area contributed by atoms with Gasteiger partial charge in [-0.15, -0.1) is 0 Å². The number of aromatic nitrogens is 3. The molecule has 0 bridgehead atoms. The molecule has 0 unspecified atom stereocenters. The van der Waals surface area contributed by atoms with Crippen molar-refractivity contribution in [1.82, 2.24) is 14.6 Å². The summed E-state index contributed by atoms with van der Waals surface area (Å²) in [6, 6.07) is 11.4. The molecular weight excluding hydrogens is 574 g/mol. The monoisotopic (exact) mass is 587 g/mol. The summed E-state index contributed by atoms with van der Waals surface area (Å²) in [5.41, 5.74) is 0.762. The molecule has 0 atom stereocenters. The molecule has 2 heterocycles. The zero-order valence-electron chi connectivity index (χ0n) is 17.7. The van der Waals surface area contributed by atoms with Gasteiger partial charge in [-0.2, -0.15) is 9.78 Å². The van der Waals surface area contributed by atoms with E-state index >= 15 is 0 Å². The average Bonchev–Trinajstić information content (AvgIpc) is 2.81. The van der Waals surface area contributed by atoms with E-state index in [2.05, 4.69) is 46.9 Å². The Kier molecular flexibility index (Phi) is 6.70. The summed E-state index contributed by atoms with van der Waals surface area (Å²) in [4.78, 5) is 31.6. The third-order valence-electron chi connectivity index (χ3n) is 4.68. The maximum atomic E-state index is 12.9. The van der Waals surface area contributed by atoms with Crippen LogP contribution in [0.4, 0.5) is 5.69 Å². The van der Waals surface area contributed by atoms with E-state index in [0.717, 1.165) is 10.7 Å². The molecule has 0 radical (unpaired) electrons. The summed E-state index contributed by atoms with van der Waals surface area (Å²) < 4.78 is 13.7. The van der Waals surface area contributed by atoms with Crippen LogP contribution in [0, 0.1) is 17.0 Å². The van der Waals surface area contributed by atoms with Crippen LogP contribution >= 0.6 is 31.9 Å². The van der Waals surface area contributed by atoms with Crippen LogP contribution in [0.3, 0.4) is 0 Å². The maximum absolute atomic E-state index is 12.9. The first-order chi connectivity index (χ1) is 16.3. The zero-order valence-corrected chi connectivity index (χ0v) is 20.9. The molecule has 0 amide bonds. The number of hydrogen-bond acceptors (Lipinski definition) is 8. The van der Waals surface area contributed by atoms with Gasteiger partial charge >= 0.3 is 0 Å². The van der Waals surface area contributed by atoms with E-state index in [4.69, 9.17) is 9.47 Å². The third-order valence-corrected chi connectivity index (χ3v) is 5.76. The van der Waals surface area contributed by atoms with Gasteiger partial charge in [0.05, 0.1) is 33.6 Å². The van der Waals surface area contributed by atoms with Crippen molar-refractivity contribution in [3.8, 4) is 17.4 Å². The number of methoxy groups -OCH3 is 1. The van der Waals surface area contributed by atoms with Crippen LogP contribution in [0.25, 0.3) is 10.9 Å². The highest BCUT2D eigenvalue weighted by Gasteiger charge is 2.15. The number of aryl methyl sites for hydroxylation is 1. The second kappa shape index (κ2) is 9.69. The maximum Gasteiger partial charge on any atom is 0.287 e. The summed E-state index contributed by atoms with van der Waals surface area (Å²) in [5.74, 6) is 1.28. The lowest BCUT2D eigenvalue weighted by atomic mass is 10.2. The second-order valence-electron chi connectivity index (χ2n) is 6.93. The minimum absolute atomic E-state index is 0.147. The number of rotatable bonds is 6. The number of pyridine rings is 1. The van der Waals surface area contributed by atoms with Crippen molar-refractivity contribution in [3.05, 3.63) is 89.5 Å². The molecule has 2 aromatic carbocycles. The Morgan fingerprint density at radius 1 is 1.18 bits per heavy atom. The lowest BCUT2D eigenvalue weighted by molar-refractivity contribution is -0.385. The van der Waals surface area contributed by atoms with E-state index < -0.39 is 4.92 Å². The molecule has 172 valence electrons. The Morgan fingerprint density at radius 3 is 2.65 bits per heavy atom. The largest absolute Gasteiger partial charge is 0.493 e. The predicted molar refractivity (Wildman–Crippen MR) is 133 cm³/mol. The van der Waals surface area contributed by atoms with E-state index in [9.17, 15) is 14.9 Å². The molecule has 34 heavy (non-hydrogen) atoms. The van der Waals surface area contributed by atoms with Crippen LogP contribution < -0.4 is 15.0 Å². The van der Waals surface area contributed by atoms with Crippen molar-refractivity contribution in [1.29, 1.82) is 0 Å². The van der Waals surface area contributed by atoms with Crippen LogP contribution in [0.1, 0.15) is 11.4 Å². The highest BCUT2D eigenvalue weighted by atomic mass is 79.9. The number of nitro groups is 1. The molecule has 0 saturated carbocycles. The number of halogens is 2. The molecule has 4 rings (SSSR count). The van der Waals surface area contributed by atoms with Crippen molar-refractivity contribution < 1.29 is 14.4 Å². The first-order valence-corrected chi connectivity index (χ1v) is 11.2. The van der Waals surface area contributed by atoms with E-state index in [1.54, 1.807) is 31.2 Å². The highest BCUT2D eigenvalue weighted by Crippen LogP contribution is 2.39. The quantitative estimate of drug-likeness (QED) is 0.172. The van der Waals surface area contributed by atoms with Gasteiger partial charge in [-0.25, -0.2) is 9.97 Å². The molecule has 0 spiro atoms. The van der Waals surface area contributed by atoms with Crippen LogP contribution in [-0.2, 0) is 0 Å². The molecule has 0 aliphatic carbocycles. The van der Waals surface area contributed by atoms with Crippen molar-refractivity contribution in [2.75, 3.05) is 7.11 Å². The fraction of sp³-hybridized carbons (Fsp3) is 0.0909. The van der Waals surface area contributed by atoms with Crippen molar-refractivity contribution >= 4 is 54.7 Å². The van der Waals surface area contributed by atoms with Crippen molar-refractivity contribution in [2.45, 2.75) is 6.92 Å². The molecular formula is C22H15Br2N5O5. The van der Waals surface area contributed by atoms with E-state index in [-0.39, 0.29) is 17.1 Å². The van der Waals surface area contributed by atoms with Gasteiger partial charge in [0.2, 0.25) is 5.88 Å². The molecule has 12 heteroatoms. The lowest BCUT2D eigenvalue weighted by Gasteiger charge is -2.12. The highest BCUT2D eigenvalue weighted by molar-refractivity contribution is 9.10. The number of benzene rings is 2. The zero-order chi connectivity index (χ0) is 24.4. The Hall–Kier alpha value is -3.64. The predicted octanol–water partition coefficient (Wildman–Crippen LogP) is 5.22. The fourth-order valence-corrected chi connectivity index (χ4v) is 3.98. The average molecular weight is 589 g/mol. The summed E-state index contributed by atoms with van der Waals surface area (Å²) >= 11 is 6.81. The molecule has 0 fully saturated rings. The van der Waals surface area contributed by atoms with Crippen molar-refractivity contribution in [3.63, 3.8) is 0 Å². The SMILES string of the molecule is COc1cc(C=Nn2c(C)nc3ccc(Br)cc3c2=O)cc(Br)c1Oc1ccc([N+](=O)[O-])cn1. The first kappa shape index (κ1) is 23.5. The fourth-order valence-electron chi connectivity index (χ4n) is 3.08. The van der Waals surface area contributed by atoms with Gasteiger partial charge in [-0.05, 0) is 58.7 Å². The van der Waals surface area contributed by atoms with E-state index in [1.807, 2.05) is 6.07 Å². The summed E-state index contributed by atoms with van der Waals surface area (Å²) in [6.45, 7) is 1.70. The van der Waals surface area contributed by atoms with Crippen LogP contribution in [0.5, 0.6) is 17.4 Å². The molecule has 0 aliphatic rings. The molecule has 0 N–H and O–H groups in total. The topological polar surface area (TPSA) is 122 Å². The number of nitrogens with zero attached hydrogens (tertiary/aromatic N) is 5. The normalized spacial score (nSPS) is 11.2.